The van der Waals surface area contributed by atoms with E-state index >= 15 is 0 Å². The van der Waals surface area contributed by atoms with Gasteiger partial charge >= 0.3 is 0 Å². The number of ether oxygens (including phenoxy) is 2. The number of fused-ring (bicyclic) bond motifs is 1. The van der Waals surface area contributed by atoms with Crippen LogP contribution < -0.4 is 14.8 Å². The minimum absolute atomic E-state index is 0.0174. The molecule has 1 N–H and O–H groups in total. The third-order valence-electron chi connectivity index (χ3n) is 5.31. The molecule has 2 aliphatic heterocycles. The molecular formula is C22H22Cl2N2O4. The number of amides is 1. The molecule has 2 aromatic carbocycles. The van der Waals surface area contributed by atoms with Crippen LogP contribution in [0.1, 0.15) is 23.2 Å². The number of hydrogen-bond donors (Lipinski definition) is 1. The maximum Gasteiger partial charge on any atom is 0.253 e. The van der Waals surface area contributed by atoms with E-state index in [2.05, 4.69) is 5.32 Å². The summed E-state index contributed by atoms with van der Waals surface area (Å²) >= 11 is 12.0. The molecular weight excluding hydrogens is 427 g/mol. The quantitative estimate of drug-likeness (QED) is 0.754. The van der Waals surface area contributed by atoms with Crippen molar-refractivity contribution in [3.63, 3.8) is 0 Å². The Morgan fingerprint density at radius 3 is 2.60 bits per heavy atom. The zero-order chi connectivity index (χ0) is 21.1. The molecule has 1 fully saturated rings. The van der Waals surface area contributed by atoms with Crippen LogP contribution in [0.5, 0.6) is 11.5 Å². The standard InChI is InChI=1S/C22H22Cl2N2O4/c23-16-8-17(24)10-19(9-16)29-12-14-3-5-26(6-4-14)22(28)15-1-2-21-20(7-15)25-11-18(27)13-30-21/h1-2,7-10,14,25H,3-6,11-13H2. The normalized spacial score (nSPS) is 16.9. The summed E-state index contributed by atoms with van der Waals surface area (Å²) in [5, 5.41) is 4.13. The second-order valence-electron chi connectivity index (χ2n) is 7.54. The molecule has 6 nitrogen and oxygen atoms in total. The van der Waals surface area contributed by atoms with E-state index in [-0.39, 0.29) is 24.8 Å². The molecule has 0 saturated carbocycles. The lowest BCUT2D eigenvalue weighted by atomic mass is 9.97. The van der Waals surface area contributed by atoms with Gasteiger partial charge < -0.3 is 19.7 Å². The van der Waals surface area contributed by atoms with E-state index in [1.807, 2.05) is 4.90 Å². The van der Waals surface area contributed by atoms with Crippen LogP contribution in [-0.4, -0.2) is 49.4 Å². The van der Waals surface area contributed by atoms with Gasteiger partial charge in [0.15, 0.2) is 5.78 Å². The number of nitrogens with one attached hydrogen (secondary N) is 1. The second-order valence-corrected chi connectivity index (χ2v) is 8.42. The summed E-state index contributed by atoms with van der Waals surface area (Å²) in [5.74, 6) is 1.57. The van der Waals surface area contributed by atoms with Crippen LogP contribution in [0.2, 0.25) is 10.0 Å². The number of hydrogen-bond acceptors (Lipinski definition) is 5. The van der Waals surface area contributed by atoms with Gasteiger partial charge in [-0.1, -0.05) is 23.2 Å². The van der Waals surface area contributed by atoms with Crippen molar-refractivity contribution >= 4 is 40.6 Å². The number of nitrogens with zero attached hydrogens (tertiary/aromatic N) is 1. The van der Waals surface area contributed by atoms with E-state index in [1.165, 1.54) is 0 Å². The Bertz CT molecular complexity index is 938. The van der Waals surface area contributed by atoms with Crippen LogP contribution in [0.25, 0.3) is 0 Å². The van der Waals surface area contributed by atoms with Crippen LogP contribution in [0.15, 0.2) is 36.4 Å². The van der Waals surface area contributed by atoms with Gasteiger partial charge in [0.2, 0.25) is 0 Å². The number of ketones is 1. The first-order chi connectivity index (χ1) is 14.5. The van der Waals surface area contributed by atoms with Gasteiger partial charge in [-0.25, -0.2) is 0 Å². The monoisotopic (exact) mass is 448 g/mol. The van der Waals surface area contributed by atoms with Crippen molar-refractivity contribution in [3.8, 4) is 11.5 Å². The molecule has 1 amide bonds. The van der Waals surface area contributed by atoms with Crippen molar-refractivity contribution in [2.75, 3.05) is 38.2 Å². The summed E-state index contributed by atoms with van der Waals surface area (Å²) in [4.78, 5) is 26.3. The molecule has 4 rings (SSSR count). The Morgan fingerprint density at radius 2 is 1.87 bits per heavy atom. The predicted molar refractivity (Wildman–Crippen MR) is 116 cm³/mol. The van der Waals surface area contributed by atoms with Gasteiger partial charge in [0.1, 0.15) is 18.1 Å². The molecule has 0 unspecified atom stereocenters. The van der Waals surface area contributed by atoms with Gasteiger partial charge in [-0.2, -0.15) is 0 Å². The van der Waals surface area contributed by atoms with Gasteiger partial charge in [-0.3, -0.25) is 9.59 Å². The van der Waals surface area contributed by atoms with E-state index in [4.69, 9.17) is 32.7 Å². The molecule has 2 heterocycles. The van der Waals surface area contributed by atoms with Gasteiger partial charge in [-0.15, -0.1) is 0 Å². The lowest BCUT2D eigenvalue weighted by molar-refractivity contribution is -0.119. The number of piperidine rings is 1. The average Bonchev–Trinajstić information content (AvgIpc) is 2.92. The minimum Gasteiger partial charge on any atom is -0.493 e. The summed E-state index contributed by atoms with van der Waals surface area (Å²) < 4.78 is 11.3. The molecule has 2 aliphatic rings. The Hall–Kier alpha value is -2.44. The summed E-state index contributed by atoms with van der Waals surface area (Å²) in [7, 11) is 0. The maximum atomic E-state index is 12.9. The molecule has 0 aliphatic carbocycles. The predicted octanol–water partition coefficient (Wildman–Crippen LogP) is 4.30. The van der Waals surface area contributed by atoms with E-state index < -0.39 is 0 Å². The van der Waals surface area contributed by atoms with Gasteiger partial charge in [0, 0.05) is 28.7 Å². The third-order valence-corrected chi connectivity index (χ3v) is 5.75. The summed E-state index contributed by atoms with van der Waals surface area (Å²) in [6.07, 6.45) is 1.72. The van der Waals surface area contributed by atoms with Crippen molar-refractivity contribution in [2.45, 2.75) is 12.8 Å². The molecule has 0 radical (unpaired) electrons. The number of anilines is 1. The molecule has 2 aromatic rings. The Labute approximate surface area is 185 Å². The molecule has 0 spiro atoms. The molecule has 0 bridgehead atoms. The zero-order valence-corrected chi connectivity index (χ0v) is 17.8. The highest BCUT2D eigenvalue weighted by Gasteiger charge is 2.25. The minimum atomic E-state index is -0.0246. The average molecular weight is 449 g/mol. The van der Waals surface area contributed by atoms with Gasteiger partial charge in [-0.05, 0) is 55.2 Å². The third kappa shape index (κ3) is 4.99. The fraction of sp³-hybridized carbons (Fsp3) is 0.364. The topological polar surface area (TPSA) is 67.9 Å². The Morgan fingerprint density at radius 1 is 1.13 bits per heavy atom. The number of rotatable bonds is 4. The Kier molecular flexibility index (Phi) is 6.35. The van der Waals surface area contributed by atoms with E-state index in [9.17, 15) is 9.59 Å². The van der Waals surface area contributed by atoms with Gasteiger partial charge in [0.25, 0.3) is 5.91 Å². The van der Waals surface area contributed by atoms with Crippen molar-refractivity contribution < 1.29 is 19.1 Å². The first-order valence-electron chi connectivity index (χ1n) is 9.88. The second kappa shape index (κ2) is 9.14. The van der Waals surface area contributed by atoms with Crippen LogP contribution in [0.4, 0.5) is 5.69 Å². The Balaban J connectivity index is 1.32. The molecule has 1 saturated heterocycles. The number of halogens is 2. The van der Waals surface area contributed by atoms with Crippen LogP contribution in [0, 0.1) is 5.92 Å². The van der Waals surface area contributed by atoms with E-state index in [0.717, 1.165) is 12.8 Å². The lowest BCUT2D eigenvalue weighted by Crippen LogP contribution is -2.39. The lowest BCUT2D eigenvalue weighted by Gasteiger charge is -2.32. The van der Waals surface area contributed by atoms with E-state index in [1.54, 1.807) is 36.4 Å². The fourth-order valence-electron chi connectivity index (χ4n) is 3.64. The summed E-state index contributed by atoms with van der Waals surface area (Å²) in [6, 6.07) is 10.4. The summed E-state index contributed by atoms with van der Waals surface area (Å²) in [5.41, 5.74) is 1.26. The van der Waals surface area contributed by atoms with Crippen molar-refractivity contribution in [3.05, 3.63) is 52.0 Å². The van der Waals surface area contributed by atoms with Crippen LogP contribution >= 0.6 is 23.2 Å². The SMILES string of the molecule is O=C1CNc2cc(C(=O)N3CCC(COc4cc(Cl)cc(Cl)c4)CC3)ccc2OC1. The van der Waals surface area contributed by atoms with Crippen molar-refractivity contribution in [1.82, 2.24) is 4.90 Å². The summed E-state index contributed by atoms with van der Waals surface area (Å²) in [6.45, 7) is 2.15. The number of carbonyl (C=O) groups excluding carboxylic acids is 2. The first kappa shape index (κ1) is 20.8. The largest absolute Gasteiger partial charge is 0.493 e. The molecule has 0 aromatic heterocycles. The number of Topliss-reactive ketones (excluding diaryl/α,β-unsaturated/α-hetero) is 1. The number of likely N-dealkylation sites (tertiary alicyclic amines) is 1. The number of carbonyl (C=O) groups is 2. The fourth-order valence-corrected chi connectivity index (χ4v) is 4.15. The molecule has 158 valence electrons. The molecule has 30 heavy (non-hydrogen) atoms. The smallest absolute Gasteiger partial charge is 0.253 e. The highest BCUT2D eigenvalue weighted by Crippen LogP contribution is 2.29. The molecule has 0 atom stereocenters. The first-order valence-corrected chi connectivity index (χ1v) is 10.6. The van der Waals surface area contributed by atoms with Crippen molar-refractivity contribution in [2.24, 2.45) is 5.92 Å². The molecule has 8 heteroatoms. The maximum absolute atomic E-state index is 12.9. The van der Waals surface area contributed by atoms with Gasteiger partial charge in [0.05, 0.1) is 18.8 Å². The number of benzene rings is 2. The van der Waals surface area contributed by atoms with Crippen LogP contribution in [-0.2, 0) is 4.79 Å². The van der Waals surface area contributed by atoms with Crippen molar-refractivity contribution in [1.29, 1.82) is 0 Å². The van der Waals surface area contributed by atoms with E-state index in [0.29, 0.717) is 58.4 Å². The highest BCUT2D eigenvalue weighted by atomic mass is 35.5. The zero-order valence-electron chi connectivity index (χ0n) is 16.3. The van der Waals surface area contributed by atoms with Crippen LogP contribution in [0.3, 0.4) is 0 Å². The highest BCUT2D eigenvalue weighted by molar-refractivity contribution is 6.34.